The molecule has 2 rings (SSSR count). The summed E-state index contributed by atoms with van der Waals surface area (Å²) in [5.41, 5.74) is 5.28. The Labute approximate surface area is 123 Å². The second kappa shape index (κ2) is 5.76. The van der Waals surface area contributed by atoms with Gasteiger partial charge in [-0.15, -0.1) is 0 Å². The average molecular weight is 310 g/mol. The smallest absolute Gasteiger partial charge is 0.293 e. The van der Waals surface area contributed by atoms with E-state index in [0.29, 0.717) is 5.69 Å². The molecule has 0 bridgehead atoms. The fraction of sp³-hybridized carbons (Fsp3) is 0. The van der Waals surface area contributed by atoms with Crippen LogP contribution in [0.15, 0.2) is 36.4 Å². The van der Waals surface area contributed by atoms with E-state index in [1.165, 1.54) is 24.3 Å². The quantitative estimate of drug-likeness (QED) is 0.669. The van der Waals surface area contributed by atoms with Crippen LogP contribution in [-0.4, -0.2) is 10.8 Å². The lowest BCUT2D eigenvalue weighted by Crippen LogP contribution is -2.11. The van der Waals surface area contributed by atoms with Crippen molar-refractivity contribution < 1.29 is 14.1 Å². The molecule has 2 aromatic rings. The van der Waals surface area contributed by atoms with Crippen LogP contribution in [0.25, 0.3) is 0 Å². The van der Waals surface area contributed by atoms with E-state index >= 15 is 0 Å². The van der Waals surface area contributed by atoms with Crippen LogP contribution in [0.5, 0.6) is 0 Å². The van der Waals surface area contributed by atoms with Gasteiger partial charge in [0.25, 0.3) is 5.69 Å². The van der Waals surface area contributed by atoms with Crippen LogP contribution in [0.4, 0.5) is 21.5 Å². The predicted octanol–water partition coefficient (Wildman–Crippen LogP) is 3.23. The number of nitrogens with zero attached hydrogens (tertiary/aromatic N) is 1. The Morgan fingerprint density at radius 3 is 2.57 bits per heavy atom. The first-order chi connectivity index (χ1) is 9.88. The number of rotatable bonds is 4. The highest BCUT2D eigenvalue weighted by atomic mass is 35.5. The van der Waals surface area contributed by atoms with Crippen molar-refractivity contribution in [2.75, 3.05) is 5.32 Å². The lowest BCUT2D eigenvalue weighted by atomic mass is 10.1. The highest BCUT2D eigenvalue weighted by Gasteiger charge is 2.17. The number of carbonyl (C=O) groups is 1. The molecule has 108 valence electrons. The van der Waals surface area contributed by atoms with E-state index < -0.39 is 16.6 Å². The largest absolute Gasteiger partial charge is 0.366 e. The minimum Gasteiger partial charge on any atom is -0.366 e. The first kappa shape index (κ1) is 14.7. The second-order valence-corrected chi connectivity index (χ2v) is 4.51. The highest BCUT2D eigenvalue weighted by molar-refractivity contribution is 6.31. The number of nitrogens with two attached hydrogens (primary N) is 1. The topological polar surface area (TPSA) is 98.3 Å². The van der Waals surface area contributed by atoms with Gasteiger partial charge in [0, 0.05) is 17.3 Å². The van der Waals surface area contributed by atoms with Gasteiger partial charge in [-0.05, 0) is 30.3 Å². The number of anilines is 2. The minimum absolute atomic E-state index is 0.0180. The molecule has 0 aliphatic carbocycles. The Kier molecular flexibility index (Phi) is 4.04. The van der Waals surface area contributed by atoms with E-state index in [9.17, 15) is 19.3 Å². The van der Waals surface area contributed by atoms with E-state index in [1.807, 2.05) is 0 Å². The summed E-state index contributed by atoms with van der Waals surface area (Å²) < 4.78 is 13.1. The van der Waals surface area contributed by atoms with Crippen LogP contribution in [0.2, 0.25) is 5.02 Å². The molecule has 2 aromatic carbocycles. The molecule has 0 saturated carbocycles. The van der Waals surface area contributed by atoms with Crippen LogP contribution in [0.3, 0.4) is 0 Å². The maximum Gasteiger partial charge on any atom is 0.293 e. The molecule has 21 heavy (non-hydrogen) atoms. The number of primary amides is 1. The summed E-state index contributed by atoms with van der Waals surface area (Å²) in [5, 5.41) is 13.7. The maximum atomic E-state index is 13.1. The van der Waals surface area contributed by atoms with Crippen LogP contribution >= 0.6 is 11.6 Å². The number of benzene rings is 2. The molecule has 0 aliphatic rings. The summed E-state index contributed by atoms with van der Waals surface area (Å²) >= 11 is 5.64. The Bertz CT molecular complexity index is 737. The van der Waals surface area contributed by atoms with Gasteiger partial charge >= 0.3 is 0 Å². The molecule has 3 N–H and O–H groups in total. The van der Waals surface area contributed by atoms with Crippen LogP contribution in [-0.2, 0) is 0 Å². The van der Waals surface area contributed by atoms with Crippen molar-refractivity contribution in [3.8, 4) is 0 Å². The fourth-order valence-corrected chi connectivity index (χ4v) is 1.85. The molecule has 0 saturated heterocycles. The molecular formula is C13H9ClFN3O3. The molecule has 0 atom stereocenters. The van der Waals surface area contributed by atoms with E-state index in [4.69, 9.17) is 17.3 Å². The van der Waals surface area contributed by atoms with E-state index in [0.717, 1.165) is 12.1 Å². The monoisotopic (exact) mass is 309 g/mol. The molecule has 0 heterocycles. The minimum atomic E-state index is -0.769. The molecule has 1 amide bonds. The molecule has 0 radical (unpaired) electrons. The summed E-state index contributed by atoms with van der Waals surface area (Å²) in [5.74, 6) is -1.37. The number of carbonyl (C=O) groups excluding carboxylic acids is 1. The molecule has 0 spiro atoms. The van der Waals surface area contributed by atoms with Crippen LogP contribution < -0.4 is 11.1 Å². The van der Waals surface area contributed by atoms with Crippen molar-refractivity contribution in [1.29, 1.82) is 0 Å². The first-order valence-corrected chi connectivity index (χ1v) is 6.06. The average Bonchev–Trinajstić information content (AvgIpc) is 2.43. The molecule has 0 fully saturated rings. The van der Waals surface area contributed by atoms with Gasteiger partial charge in [-0.2, -0.15) is 0 Å². The Hall–Kier alpha value is -2.67. The SMILES string of the molecule is NC(=O)c1ccc(Nc2ccc(F)c(Cl)c2)c([N+](=O)[O-])c1. The summed E-state index contributed by atoms with van der Waals surface area (Å²) in [6, 6.07) is 7.57. The third-order valence-electron chi connectivity index (χ3n) is 2.68. The number of nitrogens with one attached hydrogen (secondary N) is 1. The number of halogens is 2. The summed E-state index contributed by atoms with van der Waals surface area (Å²) in [4.78, 5) is 21.4. The zero-order chi connectivity index (χ0) is 15.6. The molecular weight excluding hydrogens is 301 g/mol. The predicted molar refractivity (Wildman–Crippen MR) is 76.3 cm³/mol. The van der Waals surface area contributed by atoms with E-state index in [-0.39, 0.29) is 22.0 Å². The van der Waals surface area contributed by atoms with Crippen molar-refractivity contribution in [2.24, 2.45) is 5.73 Å². The lowest BCUT2D eigenvalue weighted by Gasteiger charge is -2.08. The summed E-state index contributed by atoms with van der Waals surface area (Å²) in [6.45, 7) is 0. The third-order valence-corrected chi connectivity index (χ3v) is 2.97. The van der Waals surface area contributed by atoms with Gasteiger partial charge in [0.15, 0.2) is 0 Å². The summed E-state index contributed by atoms with van der Waals surface area (Å²) in [6.07, 6.45) is 0. The number of hydrogen-bond acceptors (Lipinski definition) is 4. The van der Waals surface area contributed by atoms with Gasteiger partial charge in [0.05, 0.1) is 9.95 Å². The molecule has 0 aromatic heterocycles. The Morgan fingerprint density at radius 1 is 1.29 bits per heavy atom. The second-order valence-electron chi connectivity index (χ2n) is 4.11. The van der Waals surface area contributed by atoms with Crippen LogP contribution in [0.1, 0.15) is 10.4 Å². The fourth-order valence-electron chi connectivity index (χ4n) is 1.67. The number of nitro groups is 1. The van der Waals surface area contributed by atoms with Crippen molar-refractivity contribution in [2.45, 2.75) is 0 Å². The van der Waals surface area contributed by atoms with Crippen molar-refractivity contribution >= 4 is 34.6 Å². The first-order valence-electron chi connectivity index (χ1n) is 5.69. The van der Waals surface area contributed by atoms with Crippen molar-refractivity contribution in [3.05, 3.63) is 62.9 Å². The Morgan fingerprint density at radius 2 is 2.00 bits per heavy atom. The molecule has 8 heteroatoms. The van der Waals surface area contributed by atoms with E-state index in [1.54, 1.807) is 0 Å². The third kappa shape index (κ3) is 3.26. The zero-order valence-corrected chi connectivity index (χ0v) is 11.2. The highest BCUT2D eigenvalue weighted by Crippen LogP contribution is 2.30. The van der Waals surface area contributed by atoms with Crippen molar-refractivity contribution in [1.82, 2.24) is 0 Å². The Balaban J connectivity index is 2.41. The maximum absolute atomic E-state index is 13.1. The number of nitro benzene ring substituents is 1. The summed E-state index contributed by atoms with van der Waals surface area (Å²) in [7, 11) is 0. The molecule has 6 nitrogen and oxygen atoms in total. The normalized spacial score (nSPS) is 10.2. The van der Waals surface area contributed by atoms with Gasteiger partial charge < -0.3 is 11.1 Å². The molecule has 0 unspecified atom stereocenters. The standard InChI is InChI=1S/C13H9ClFN3O3/c14-9-6-8(2-3-10(9)15)17-11-4-1-7(13(16)19)5-12(11)18(20)21/h1-6,17H,(H2,16,19). The molecule has 0 aliphatic heterocycles. The number of hydrogen-bond donors (Lipinski definition) is 2. The van der Waals surface area contributed by atoms with Gasteiger partial charge in [-0.25, -0.2) is 4.39 Å². The number of amides is 1. The van der Waals surface area contributed by atoms with Gasteiger partial charge in [-0.1, -0.05) is 11.6 Å². The van der Waals surface area contributed by atoms with Gasteiger partial charge in [0.2, 0.25) is 5.91 Å². The lowest BCUT2D eigenvalue weighted by molar-refractivity contribution is -0.383. The van der Waals surface area contributed by atoms with Crippen molar-refractivity contribution in [3.63, 3.8) is 0 Å². The zero-order valence-electron chi connectivity index (χ0n) is 10.5. The van der Waals surface area contributed by atoms with Gasteiger partial charge in [-0.3, -0.25) is 14.9 Å². The van der Waals surface area contributed by atoms with E-state index in [2.05, 4.69) is 5.32 Å². The van der Waals surface area contributed by atoms with Gasteiger partial charge in [0.1, 0.15) is 11.5 Å². The van der Waals surface area contributed by atoms with Crippen LogP contribution in [0, 0.1) is 15.9 Å².